The van der Waals surface area contributed by atoms with Gasteiger partial charge in [-0.25, -0.2) is 4.39 Å². The number of carbonyl (C=O) groups excluding carboxylic acids is 2. The Kier molecular flexibility index (Phi) is 4.58. The molecule has 4 atom stereocenters. The molecule has 0 aliphatic carbocycles. The van der Waals surface area contributed by atoms with E-state index in [4.69, 9.17) is 11.0 Å². The Bertz CT molecular complexity index is 810. The van der Waals surface area contributed by atoms with Crippen molar-refractivity contribution in [1.29, 1.82) is 5.26 Å². The van der Waals surface area contributed by atoms with Gasteiger partial charge < -0.3 is 15.5 Å². The van der Waals surface area contributed by atoms with Crippen LogP contribution >= 0.6 is 0 Å². The van der Waals surface area contributed by atoms with E-state index in [-0.39, 0.29) is 36.3 Å². The van der Waals surface area contributed by atoms with Crippen LogP contribution in [-0.2, 0) is 9.59 Å². The summed E-state index contributed by atoms with van der Waals surface area (Å²) in [5, 5.41) is 9.16. The maximum Gasteiger partial charge on any atom is 0.244 e. The van der Waals surface area contributed by atoms with Gasteiger partial charge in [0.2, 0.25) is 11.8 Å². The second-order valence-corrected chi connectivity index (χ2v) is 7.47. The summed E-state index contributed by atoms with van der Waals surface area (Å²) in [5.74, 6) is -0.672. The predicted molar refractivity (Wildman–Crippen MR) is 96.0 cm³/mol. The molecule has 3 heterocycles. The monoisotopic (exact) mass is 371 g/mol. The number of piperazine rings is 1. The molecule has 1 unspecified atom stereocenters. The molecular formula is C19H22FN5O2. The number of halogens is 1. The minimum absolute atomic E-state index is 0.0368. The second-order valence-electron chi connectivity index (χ2n) is 7.47. The van der Waals surface area contributed by atoms with Crippen molar-refractivity contribution < 1.29 is 14.0 Å². The van der Waals surface area contributed by atoms with Crippen molar-refractivity contribution in [3.8, 4) is 6.07 Å². The maximum atomic E-state index is 13.5. The van der Waals surface area contributed by atoms with Crippen molar-refractivity contribution in [2.45, 2.75) is 43.4 Å². The minimum atomic E-state index is -0.756. The number of nitriles is 1. The van der Waals surface area contributed by atoms with Gasteiger partial charge >= 0.3 is 0 Å². The topological polar surface area (TPSA) is 93.7 Å². The molecule has 0 spiro atoms. The summed E-state index contributed by atoms with van der Waals surface area (Å²) >= 11 is 0. The molecule has 2 N–H and O–H groups in total. The fourth-order valence-corrected chi connectivity index (χ4v) is 4.54. The Hall–Kier alpha value is -2.50. The third-order valence-electron chi connectivity index (χ3n) is 5.79. The number of nitrogens with two attached hydrogens (primary N) is 1. The number of likely N-dealkylation sites (tertiary alicyclic amines) is 2. The van der Waals surface area contributed by atoms with Crippen LogP contribution < -0.4 is 10.6 Å². The van der Waals surface area contributed by atoms with Crippen LogP contribution in [0.15, 0.2) is 24.3 Å². The first-order chi connectivity index (χ1) is 13.0. The number of hydrogen-bond donors (Lipinski definition) is 1. The van der Waals surface area contributed by atoms with Crippen LogP contribution in [0.25, 0.3) is 0 Å². The zero-order valence-electron chi connectivity index (χ0n) is 14.9. The van der Waals surface area contributed by atoms with Crippen LogP contribution in [0, 0.1) is 17.1 Å². The second kappa shape index (κ2) is 6.91. The van der Waals surface area contributed by atoms with Gasteiger partial charge in [-0.2, -0.15) is 5.26 Å². The first kappa shape index (κ1) is 17.9. The SMILES string of the molecule is N#C[C@@H]1CCCN1C(=O)[C@@H](N)CN1CC2C[C@@H]1C(=O)N2c1cccc(F)c1. The lowest BCUT2D eigenvalue weighted by molar-refractivity contribution is -0.134. The minimum Gasteiger partial charge on any atom is -0.325 e. The zero-order chi connectivity index (χ0) is 19.1. The van der Waals surface area contributed by atoms with Crippen LogP contribution in [0.1, 0.15) is 19.3 Å². The average Bonchev–Trinajstić information content (AvgIpc) is 3.35. The lowest BCUT2D eigenvalue weighted by Gasteiger charge is -2.35. The first-order valence-corrected chi connectivity index (χ1v) is 9.28. The number of nitrogens with zero attached hydrogens (tertiary/aromatic N) is 4. The van der Waals surface area contributed by atoms with Crippen LogP contribution in [0.3, 0.4) is 0 Å². The molecule has 0 radical (unpaired) electrons. The summed E-state index contributed by atoms with van der Waals surface area (Å²) in [7, 11) is 0. The maximum absolute atomic E-state index is 13.5. The van der Waals surface area contributed by atoms with E-state index < -0.39 is 12.1 Å². The highest BCUT2D eigenvalue weighted by molar-refractivity contribution is 6.01. The Morgan fingerprint density at radius 2 is 2.26 bits per heavy atom. The number of carbonyl (C=O) groups is 2. The van der Waals surface area contributed by atoms with Crippen molar-refractivity contribution in [3.05, 3.63) is 30.1 Å². The number of benzene rings is 1. The molecule has 8 heteroatoms. The van der Waals surface area contributed by atoms with Crippen molar-refractivity contribution in [2.24, 2.45) is 5.73 Å². The summed E-state index contributed by atoms with van der Waals surface area (Å²) in [6.07, 6.45) is 2.15. The highest BCUT2D eigenvalue weighted by atomic mass is 19.1. The third-order valence-corrected chi connectivity index (χ3v) is 5.79. The molecule has 0 saturated carbocycles. The summed E-state index contributed by atoms with van der Waals surface area (Å²) in [6, 6.07) is 6.68. The molecular weight excluding hydrogens is 349 g/mol. The predicted octanol–water partition coefficient (Wildman–Crippen LogP) is 0.457. The summed E-state index contributed by atoms with van der Waals surface area (Å²) in [6.45, 7) is 1.45. The number of amides is 2. The van der Waals surface area contributed by atoms with E-state index in [1.54, 1.807) is 21.9 Å². The molecule has 4 rings (SSSR count). The summed E-state index contributed by atoms with van der Waals surface area (Å²) < 4.78 is 13.5. The quantitative estimate of drug-likeness (QED) is 0.830. The number of fused-ring (bicyclic) bond motifs is 2. The highest BCUT2D eigenvalue weighted by Gasteiger charge is 2.50. The van der Waals surface area contributed by atoms with Crippen molar-refractivity contribution in [1.82, 2.24) is 9.80 Å². The molecule has 142 valence electrons. The number of rotatable bonds is 4. The van der Waals surface area contributed by atoms with E-state index in [1.807, 2.05) is 4.90 Å². The largest absolute Gasteiger partial charge is 0.325 e. The molecule has 3 fully saturated rings. The van der Waals surface area contributed by atoms with Gasteiger partial charge in [0.25, 0.3) is 0 Å². The summed E-state index contributed by atoms with van der Waals surface area (Å²) in [5.41, 5.74) is 6.69. The normalized spacial score (nSPS) is 28.6. The lowest BCUT2D eigenvalue weighted by Crippen LogP contribution is -2.56. The van der Waals surface area contributed by atoms with Gasteiger partial charge in [-0.05, 0) is 37.5 Å². The van der Waals surface area contributed by atoms with Crippen LogP contribution in [0.4, 0.5) is 10.1 Å². The molecule has 3 aliphatic heterocycles. The van der Waals surface area contributed by atoms with E-state index >= 15 is 0 Å². The first-order valence-electron chi connectivity index (χ1n) is 9.28. The molecule has 1 aromatic rings. The molecule has 3 saturated heterocycles. The molecule has 0 aromatic heterocycles. The van der Waals surface area contributed by atoms with Crippen molar-refractivity contribution in [2.75, 3.05) is 24.5 Å². The van der Waals surface area contributed by atoms with Gasteiger partial charge in [0.15, 0.2) is 0 Å². The highest BCUT2D eigenvalue weighted by Crippen LogP contribution is 2.35. The van der Waals surface area contributed by atoms with E-state index in [0.29, 0.717) is 31.6 Å². The Labute approximate surface area is 157 Å². The molecule has 3 aliphatic rings. The zero-order valence-corrected chi connectivity index (χ0v) is 14.9. The number of anilines is 1. The fraction of sp³-hybridized carbons (Fsp3) is 0.526. The van der Waals surface area contributed by atoms with Crippen molar-refractivity contribution >= 4 is 17.5 Å². The third kappa shape index (κ3) is 3.07. The van der Waals surface area contributed by atoms with Gasteiger partial charge in [-0.1, -0.05) is 6.07 Å². The van der Waals surface area contributed by atoms with Gasteiger partial charge in [0, 0.05) is 25.3 Å². The van der Waals surface area contributed by atoms with Crippen molar-refractivity contribution in [3.63, 3.8) is 0 Å². The fourth-order valence-electron chi connectivity index (χ4n) is 4.54. The van der Waals surface area contributed by atoms with Gasteiger partial charge in [-0.15, -0.1) is 0 Å². The standard InChI is InChI=1S/C19H22FN5O2/c20-12-3-1-4-13(7-12)25-15-8-17(19(25)27)23(10-15)11-16(22)18(26)24-6-2-5-14(24)9-21/h1,3-4,7,14-17H,2,5-6,8,10-11,22H2/t14-,15?,16-,17+/m0/s1. The molecule has 27 heavy (non-hydrogen) atoms. The Morgan fingerprint density at radius 1 is 1.44 bits per heavy atom. The molecule has 7 nitrogen and oxygen atoms in total. The summed E-state index contributed by atoms with van der Waals surface area (Å²) in [4.78, 5) is 30.5. The van der Waals surface area contributed by atoms with Gasteiger partial charge in [0.1, 0.15) is 11.9 Å². The van der Waals surface area contributed by atoms with Crippen LogP contribution in [0.5, 0.6) is 0 Å². The Balaban J connectivity index is 1.41. The van der Waals surface area contributed by atoms with E-state index in [9.17, 15) is 14.0 Å². The molecule has 1 aromatic carbocycles. The van der Waals surface area contributed by atoms with E-state index in [0.717, 1.165) is 6.42 Å². The van der Waals surface area contributed by atoms with E-state index in [1.165, 1.54) is 12.1 Å². The average molecular weight is 371 g/mol. The number of hydrogen-bond acceptors (Lipinski definition) is 5. The van der Waals surface area contributed by atoms with Crippen LogP contribution in [0.2, 0.25) is 0 Å². The van der Waals surface area contributed by atoms with Crippen LogP contribution in [-0.4, -0.2) is 65.4 Å². The Morgan fingerprint density at radius 3 is 2.96 bits per heavy atom. The van der Waals surface area contributed by atoms with E-state index in [2.05, 4.69) is 6.07 Å². The molecule has 2 bridgehead atoms. The van der Waals surface area contributed by atoms with Gasteiger partial charge in [-0.3, -0.25) is 14.5 Å². The lowest BCUT2D eigenvalue weighted by atomic mass is 10.2. The van der Waals surface area contributed by atoms with Gasteiger partial charge in [0.05, 0.1) is 24.2 Å². The smallest absolute Gasteiger partial charge is 0.244 e. The molecule has 2 amide bonds.